The van der Waals surface area contributed by atoms with Gasteiger partial charge in [0, 0.05) is 18.5 Å². The van der Waals surface area contributed by atoms with Crippen LogP contribution in [-0.4, -0.2) is 29.3 Å². The van der Waals surface area contributed by atoms with E-state index in [1.165, 1.54) is 13.2 Å². The molecule has 0 amide bonds. The first kappa shape index (κ1) is 29.2. The van der Waals surface area contributed by atoms with E-state index in [0.717, 1.165) is 29.6 Å². The molecular weight excluding hydrogens is 710 g/mol. The summed E-state index contributed by atoms with van der Waals surface area (Å²) in [5, 5.41) is 24.7. The summed E-state index contributed by atoms with van der Waals surface area (Å²) < 4.78 is 7.31. The second-order valence-corrected chi connectivity index (χ2v) is 10.8. The maximum atomic E-state index is 11.3. The Balaban J connectivity index is 0.000000211. The third-order valence-corrected chi connectivity index (χ3v) is 6.83. The van der Waals surface area contributed by atoms with Gasteiger partial charge in [-0.3, -0.25) is 0 Å². The van der Waals surface area contributed by atoms with Crippen molar-refractivity contribution in [1.29, 1.82) is 0 Å². The zero-order valence-electron chi connectivity index (χ0n) is 20.9. The summed E-state index contributed by atoms with van der Waals surface area (Å²) in [5.41, 5.74) is 5.40. The first-order chi connectivity index (χ1) is 18.1. The van der Waals surface area contributed by atoms with Crippen molar-refractivity contribution in [3.05, 3.63) is 108 Å². The standard InChI is InChI=1S/C15H14INO2.C14H12INO3/c1-9-3-5-14(12(7-9)15(18)19)17-13-6-4-11(16)8-10(13)2;1-19-11-6-7-13(12(8-11)14(17)18)16-10-4-2-9(15)3-5-10/h3-8,17H,1-2H3,(H,18,19);2-8,16H,1H3,(H,17,18). The van der Waals surface area contributed by atoms with Crippen LogP contribution in [-0.2, 0) is 0 Å². The van der Waals surface area contributed by atoms with Gasteiger partial charge in [0.15, 0.2) is 0 Å². The Bertz CT molecular complexity index is 1460. The van der Waals surface area contributed by atoms with Gasteiger partial charge in [0.25, 0.3) is 0 Å². The predicted molar refractivity (Wildman–Crippen MR) is 168 cm³/mol. The van der Waals surface area contributed by atoms with Crippen LogP contribution in [0.15, 0.2) is 78.9 Å². The normalized spacial score (nSPS) is 10.1. The molecule has 4 aromatic rings. The SMILES string of the molecule is COc1ccc(Nc2ccc(I)cc2)c(C(=O)O)c1.Cc1ccc(Nc2ccc(I)cc2C)c(C(=O)O)c1. The highest BCUT2D eigenvalue weighted by Crippen LogP contribution is 2.27. The van der Waals surface area contributed by atoms with E-state index in [2.05, 4.69) is 61.9 Å². The van der Waals surface area contributed by atoms with Crippen LogP contribution in [0.1, 0.15) is 31.8 Å². The number of carboxylic acids is 2. The molecule has 0 unspecified atom stereocenters. The van der Waals surface area contributed by atoms with E-state index >= 15 is 0 Å². The number of aryl methyl sites for hydroxylation is 2. The smallest absolute Gasteiger partial charge is 0.337 e. The van der Waals surface area contributed by atoms with Gasteiger partial charge < -0.3 is 25.6 Å². The molecule has 0 aromatic heterocycles. The Morgan fingerprint density at radius 1 is 0.684 bits per heavy atom. The predicted octanol–water partition coefficient (Wildman–Crippen LogP) is 8.09. The minimum atomic E-state index is -0.994. The zero-order valence-corrected chi connectivity index (χ0v) is 25.2. The Kier molecular flexibility index (Phi) is 10.4. The fourth-order valence-corrected chi connectivity index (χ4v) is 4.49. The molecule has 7 nitrogen and oxygen atoms in total. The number of carboxylic acid groups (broad SMARTS) is 2. The Morgan fingerprint density at radius 3 is 1.84 bits per heavy atom. The Hall–Kier alpha value is -3.32. The highest BCUT2D eigenvalue weighted by atomic mass is 127. The molecule has 9 heteroatoms. The van der Waals surface area contributed by atoms with Gasteiger partial charge in [0.2, 0.25) is 0 Å². The number of hydrogen-bond donors (Lipinski definition) is 4. The van der Waals surface area contributed by atoms with E-state index in [4.69, 9.17) is 4.74 Å². The molecule has 0 atom stereocenters. The van der Waals surface area contributed by atoms with Crippen LogP contribution in [0.3, 0.4) is 0 Å². The molecule has 0 fully saturated rings. The topological polar surface area (TPSA) is 108 Å². The summed E-state index contributed by atoms with van der Waals surface area (Å²) in [5.74, 6) is -1.40. The van der Waals surface area contributed by atoms with E-state index in [1.807, 2.05) is 56.3 Å². The molecule has 0 aliphatic rings. The van der Waals surface area contributed by atoms with Crippen molar-refractivity contribution < 1.29 is 24.5 Å². The van der Waals surface area contributed by atoms with Gasteiger partial charge in [-0.05, 0) is 137 Å². The molecule has 0 spiro atoms. The molecule has 0 saturated heterocycles. The van der Waals surface area contributed by atoms with Crippen LogP contribution >= 0.6 is 45.2 Å². The number of hydrogen-bond acceptors (Lipinski definition) is 5. The van der Waals surface area contributed by atoms with Crippen LogP contribution in [0, 0.1) is 21.0 Å². The molecule has 0 radical (unpaired) electrons. The lowest BCUT2D eigenvalue weighted by atomic mass is 10.1. The number of anilines is 4. The van der Waals surface area contributed by atoms with Gasteiger partial charge >= 0.3 is 11.9 Å². The second kappa shape index (κ2) is 13.5. The minimum absolute atomic E-state index is 0.179. The monoisotopic (exact) mass is 736 g/mol. The van der Waals surface area contributed by atoms with Gasteiger partial charge in [0.1, 0.15) is 5.75 Å². The Labute approximate surface area is 248 Å². The number of methoxy groups -OCH3 is 1. The molecule has 0 aliphatic carbocycles. The summed E-state index contributed by atoms with van der Waals surface area (Å²) in [6.07, 6.45) is 0. The second-order valence-electron chi connectivity index (χ2n) is 8.29. The van der Waals surface area contributed by atoms with Crippen LogP contribution < -0.4 is 15.4 Å². The van der Waals surface area contributed by atoms with Crippen LogP contribution in [0.4, 0.5) is 22.7 Å². The molecule has 0 aliphatic heterocycles. The number of benzene rings is 4. The molecular formula is C29H26I2N2O5. The van der Waals surface area contributed by atoms with Gasteiger partial charge in [-0.25, -0.2) is 9.59 Å². The summed E-state index contributed by atoms with van der Waals surface area (Å²) in [6, 6.07) is 24.0. The minimum Gasteiger partial charge on any atom is -0.497 e. The molecule has 4 N–H and O–H groups in total. The van der Waals surface area contributed by atoms with Gasteiger partial charge in [-0.15, -0.1) is 0 Å². The third-order valence-electron chi connectivity index (χ3n) is 5.44. The average Bonchev–Trinajstić information content (AvgIpc) is 2.88. The highest BCUT2D eigenvalue weighted by Gasteiger charge is 2.12. The number of nitrogens with one attached hydrogen (secondary N) is 2. The van der Waals surface area contributed by atoms with Gasteiger partial charge in [0.05, 0.1) is 29.6 Å². The van der Waals surface area contributed by atoms with Crippen molar-refractivity contribution in [2.24, 2.45) is 0 Å². The fraction of sp³-hybridized carbons (Fsp3) is 0.103. The quantitative estimate of drug-likeness (QED) is 0.142. The van der Waals surface area contributed by atoms with Crippen LogP contribution in [0.5, 0.6) is 5.75 Å². The number of aromatic carboxylic acids is 2. The van der Waals surface area contributed by atoms with Crippen molar-refractivity contribution in [1.82, 2.24) is 0 Å². The van der Waals surface area contributed by atoms with Gasteiger partial charge in [-0.2, -0.15) is 0 Å². The van der Waals surface area contributed by atoms with Crippen molar-refractivity contribution in [2.75, 3.05) is 17.7 Å². The number of rotatable bonds is 7. The highest BCUT2D eigenvalue weighted by molar-refractivity contribution is 14.1. The lowest BCUT2D eigenvalue weighted by Crippen LogP contribution is -2.04. The van der Waals surface area contributed by atoms with E-state index in [-0.39, 0.29) is 11.1 Å². The molecule has 0 bridgehead atoms. The maximum absolute atomic E-state index is 11.3. The summed E-state index contributed by atoms with van der Waals surface area (Å²) >= 11 is 4.47. The van der Waals surface area contributed by atoms with Crippen molar-refractivity contribution in [3.63, 3.8) is 0 Å². The van der Waals surface area contributed by atoms with E-state index in [9.17, 15) is 19.8 Å². The molecule has 4 rings (SSSR count). The summed E-state index contributed by atoms with van der Waals surface area (Å²) in [4.78, 5) is 22.5. The first-order valence-electron chi connectivity index (χ1n) is 11.4. The molecule has 4 aromatic carbocycles. The van der Waals surface area contributed by atoms with E-state index < -0.39 is 11.9 Å². The van der Waals surface area contributed by atoms with E-state index in [0.29, 0.717) is 17.1 Å². The summed E-state index contributed by atoms with van der Waals surface area (Å²) in [6.45, 7) is 3.88. The van der Waals surface area contributed by atoms with Crippen LogP contribution in [0.2, 0.25) is 0 Å². The molecule has 0 heterocycles. The molecule has 38 heavy (non-hydrogen) atoms. The zero-order chi connectivity index (χ0) is 27.8. The fourth-order valence-electron chi connectivity index (χ4n) is 3.48. The maximum Gasteiger partial charge on any atom is 0.337 e. The molecule has 196 valence electrons. The van der Waals surface area contributed by atoms with Gasteiger partial charge in [-0.1, -0.05) is 11.6 Å². The van der Waals surface area contributed by atoms with Crippen LogP contribution in [0.25, 0.3) is 0 Å². The lowest BCUT2D eigenvalue weighted by Gasteiger charge is -2.12. The molecule has 0 saturated carbocycles. The van der Waals surface area contributed by atoms with E-state index in [1.54, 1.807) is 24.3 Å². The first-order valence-corrected chi connectivity index (χ1v) is 13.5. The average molecular weight is 736 g/mol. The lowest BCUT2D eigenvalue weighted by molar-refractivity contribution is 0.0687. The van der Waals surface area contributed by atoms with Crippen molar-refractivity contribution in [3.8, 4) is 5.75 Å². The summed E-state index contributed by atoms with van der Waals surface area (Å²) in [7, 11) is 1.51. The van der Waals surface area contributed by atoms with Crippen molar-refractivity contribution in [2.45, 2.75) is 13.8 Å². The Morgan fingerprint density at radius 2 is 1.24 bits per heavy atom. The third kappa shape index (κ3) is 8.09. The number of ether oxygens (including phenoxy) is 1. The number of halogens is 2. The van der Waals surface area contributed by atoms with Crippen molar-refractivity contribution >= 4 is 79.9 Å². The number of carbonyl (C=O) groups is 2. The largest absolute Gasteiger partial charge is 0.497 e.